The maximum atomic E-state index is 9.45. The number of fused-ring (bicyclic) bond motifs is 1. The lowest BCUT2D eigenvalue weighted by molar-refractivity contribution is 0.231. The lowest BCUT2D eigenvalue weighted by Crippen LogP contribution is -2.50. The van der Waals surface area contributed by atoms with E-state index < -0.39 is 0 Å². The minimum absolute atomic E-state index is 0.693. The van der Waals surface area contributed by atoms with Gasteiger partial charge in [0.15, 0.2) is 0 Å². The molecule has 4 heteroatoms. The number of nitriles is 1. The molecule has 1 atom stereocenters. The summed E-state index contributed by atoms with van der Waals surface area (Å²) in [6.45, 7) is 4.52. The van der Waals surface area contributed by atoms with Crippen molar-refractivity contribution in [2.45, 2.75) is 23.8 Å². The Kier molecular flexibility index (Phi) is 3.67. The fraction of sp³-hybridized carbons (Fsp3) is 0.533. The Morgan fingerprint density at radius 2 is 2.21 bits per heavy atom. The molecule has 2 saturated heterocycles. The maximum absolute atomic E-state index is 9.45. The van der Waals surface area contributed by atoms with Crippen LogP contribution in [0.15, 0.2) is 23.1 Å². The zero-order chi connectivity index (χ0) is 13.2. The topological polar surface area (TPSA) is 30.3 Å². The van der Waals surface area contributed by atoms with Gasteiger partial charge >= 0.3 is 0 Å². The van der Waals surface area contributed by atoms with Gasteiger partial charge in [-0.05, 0) is 37.8 Å². The summed E-state index contributed by atoms with van der Waals surface area (Å²) in [6.07, 6.45) is 4.67. The molecule has 0 spiro atoms. The zero-order valence-electron chi connectivity index (χ0n) is 11.3. The molecule has 100 valence electrons. The molecule has 3 rings (SSSR count). The van der Waals surface area contributed by atoms with Crippen molar-refractivity contribution in [3.05, 3.63) is 23.8 Å². The molecule has 0 saturated carbocycles. The van der Waals surface area contributed by atoms with E-state index in [1.165, 1.54) is 19.4 Å². The monoisotopic (exact) mass is 273 g/mol. The largest absolute Gasteiger partial charge is 0.368 e. The molecule has 0 radical (unpaired) electrons. The summed E-state index contributed by atoms with van der Waals surface area (Å²) < 4.78 is 0. The first-order valence-corrected chi connectivity index (χ1v) is 8.12. The molecule has 3 nitrogen and oxygen atoms in total. The van der Waals surface area contributed by atoms with Gasteiger partial charge in [0, 0.05) is 30.6 Å². The number of nitrogens with zero attached hydrogens (tertiary/aromatic N) is 3. The van der Waals surface area contributed by atoms with Crippen LogP contribution < -0.4 is 4.90 Å². The van der Waals surface area contributed by atoms with Gasteiger partial charge in [0.25, 0.3) is 0 Å². The number of benzene rings is 1. The molecule has 2 aliphatic rings. The van der Waals surface area contributed by atoms with Crippen molar-refractivity contribution in [2.75, 3.05) is 37.3 Å². The molecule has 2 aliphatic heterocycles. The molecule has 1 aromatic rings. The average molecular weight is 273 g/mol. The van der Waals surface area contributed by atoms with Crippen LogP contribution >= 0.6 is 11.8 Å². The minimum Gasteiger partial charge on any atom is -0.368 e. The Balaban J connectivity index is 1.88. The Morgan fingerprint density at radius 1 is 1.32 bits per heavy atom. The van der Waals surface area contributed by atoms with E-state index >= 15 is 0 Å². The molecule has 2 fully saturated rings. The zero-order valence-corrected chi connectivity index (χ0v) is 12.1. The highest BCUT2D eigenvalue weighted by atomic mass is 32.2. The highest BCUT2D eigenvalue weighted by Crippen LogP contribution is 2.32. The molecule has 0 N–H and O–H groups in total. The molecule has 0 aromatic heterocycles. The highest BCUT2D eigenvalue weighted by molar-refractivity contribution is 7.98. The summed E-state index contributed by atoms with van der Waals surface area (Å²) >= 11 is 1.66. The van der Waals surface area contributed by atoms with Gasteiger partial charge in [0.1, 0.15) is 6.07 Å². The van der Waals surface area contributed by atoms with Crippen molar-refractivity contribution in [2.24, 2.45) is 0 Å². The summed E-state index contributed by atoms with van der Waals surface area (Å²) in [4.78, 5) is 6.10. The van der Waals surface area contributed by atoms with E-state index in [1.54, 1.807) is 11.8 Å². The summed E-state index contributed by atoms with van der Waals surface area (Å²) in [7, 11) is 0. The number of hydrogen-bond acceptors (Lipinski definition) is 4. The smallest absolute Gasteiger partial charge is 0.103 e. The third-order valence-corrected chi connectivity index (χ3v) is 5.04. The molecule has 19 heavy (non-hydrogen) atoms. The number of thioether (sulfide) groups is 1. The van der Waals surface area contributed by atoms with E-state index in [1.807, 2.05) is 12.3 Å². The Hall–Kier alpha value is -1.18. The number of rotatable bonds is 2. The van der Waals surface area contributed by atoms with Crippen LogP contribution in [0.3, 0.4) is 0 Å². The van der Waals surface area contributed by atoms with Crippen LogP contribution in [0.4, 0.5) is 5.69 Å². The van der Waals surface area contributed by atoms with E-state index in [9.17, 15) is 5.26 Å². The standard InChI is InChI=1S/C15H19N3S/c1-19-15-6-2-5-14(13(15)10-16)18-9-8-17-7-3-4-12(17)11-18/h2,5-6,12H,3-4,7-9,11H2,1H3. The predicted octanol–water partition coefficient (Wildman–Crippen LogP) is 2.56. The number of piperazine rings is 1. The van der Waals surface area contributed by atoms with Gasteiger partial charge in [0.05, 0.1) is 11.3 Å². The highest BCUT2D eigenvalue weighted by Gasteiger charge is 2.31. The van der Waals surface area contributed by atoms with Crippen LogP contribution in [0, 0.1) is 11.3 Å². The molecule has 0 bridgehead atoms. The number of hydrogen-bond donors (Lipinski definition) is 0. The molecule has 1 aromatic carbocycles. The van der Waals surface area contributed by atoms with Crippen molar-refractivity contribution in [1.29, 1.82) is 5.26 Å². The van der Waals surface area contributed by atoms with E-state index in [0.29, 0.717) is 6.04 Å². The maximum Gasteiger partial charge on any atom is 0.103 e. The van der Waals surface area contributed by atoms with Gasteiger partial charge < -0.3 is 4.90 Å². The quantitative estimate of drug-likeness (QED) is 0.775. The minimum atomic E-state index is 0.693. The molecule has 0 amide bonds. The van der Waals surface area contributed by atoms with Gasteiger partial charge in [-0.2, -0.15) is 5.26 Å². The van der Waals surface area contributed by atoms with E-state index in [2.05, 4.69) is 28.0 Å². The van der Waals surface area contributed by atoms with E-state index in [-0.39, 0.29) is 0 Å². The lowest BCUT2D eigenvalue weighted by Gasteiger charge is -2.39. The van der Waals surface area contributed by atoms with E-state index in [0.717, 1.165) is 35.8 Å². The van der Waals surface area contributed by atoms with Crippen molar-refractivity contribution in [1.82, 2.24) is 4.90 Å². The van der Waals surface area contributed by atoms with Crippen LogP contribution in [-0.4, -0.2) is 43.4 Å². The van der Waals surface area contributed by atoms with Gasteiger partial charge in [-0.15, -0.1) is 11.8 Å². The molecular weight excluding hydrogens is 254 g/mol. The van der Waals surface area contributed by atoms with Crippen molar-refractivity contribution >= 4 is 17.4 Å². The normalized spacial score (nSPS) is 23.2. The Bertz CT molecular complexity index is 509. The third kappa shape index (κ3) is 2.33. The SMILES string of the molecule is CSc1cccc(N2CCN3CCCC3C2)c1C#N. The van der Waals surface area contributed by atoms with Gasteiger partial charge in [-0.1, -0.05) is 6.07 Å². The third-order valence-electron chi connectivity index (χ3n) is 4.26. The number of anilines is 1. The second-order valence-corrected chi connectivity index (χ2v) is 6.09. The Labute approximate surface area is 119 Å². The second-order valence-electron chi connectivity index (χ2n) is 5.24. The van der Waals surface area contributed by atoms with Crippen molar-refractivity contribution in [3.8, 4) is 6.07 Å². The van der Waals surface area contributed by atoms with Crippen LogP contribution in [-0.2, 0) is 0 Å². The van der Waals surface area contributed by atoms with Crippen LogP contribution in [0.5, 0.6) is 0 Å². The Morgan fingerprint density at radius 3 is 3.00 bits per heavy atom. The van der Waals surface area contributed by atoms with Crippen LogP contribution in [0.25, 0.3) is 0 Å². The summed E-state index contributed by atoms with van der Waals surface area (Å²) in [5.74, 6) is 0. The van der Waals surface area contributed by atoms with Crippen molar-refractivity contribution in [3.63, 3.8) is 0 Å². The van der Waals surface area contributed by atoms with Gasteiger partial charge in [0.2, 0.25) is 0 Å². The van der Waals surface area contributed by atoms with Gasteiger partial charge in [-0.25, -0.2) is 0 Å². The first-order valence-electron chi connectivity index (χ1n) is 6.89. The summed E-state index contributed by atoms with van der Waals surface area (Å²) in [5.41, 5.74) is 1.97. The molecular formula is C15H19N3S. The fourth-order valence-corrected chi connectivity index (χ4v) is 3.84. The fourth-order valence-electron chi connectivity index (χ4n) is 3.28. The molecule has 2 heterocycles. The summed E-state index contributed by atoms with van der Waals surface area (Å²) in [6, 6.07) is 9.30. The van der Waals surface area contributed by atoms with E-state index in [4.69, 9.17) is 0 Å². The predicted molar refractivity (Wildman–Crippen MR) is 79.7 cm³/mol. The van der Waals surface area contributed by atoms with Crippen LogP contribution in [0.2, 0.25) is 0 Å². The first kappa shape index (κ1) is 12.8. The molecule has 1 unspecified atom stereocenters. The first-order chi connectivity index (χ1) is 9.33. The molecule has 0 aliphatic carbocycles. The second kappa shape index (κ2) is 5.44. The van der Waals surface area contributed by atoms with Crippen molar-refractivity contribution < 1.29 is 0 Å². The average Bonchev–Trinajstić information content (AvgIpc) is 2.93. The lowest BCUT2D eigenvalue weighted by atomic mass is 10.1. The summed E-state index contributed by atoms with van der Waals surface area (Å²) in [5, 5.41) is 9.45. The van der Waals surface area contributed by atoms with Crippen LogP contribution in [0.1, 0.15) is 18.4 Å². The van der Waals surface area contributed by atoms with Gasteiger partial charge in [-0.3, -0.25) is 4.90 Å².